The van der Waals surface area contributed by atoms with Crippen molar-refractivity contribution < 1.29 is 42.1 Å². The van der Waals surface area contributed by atoms with Crippen LogP contribution in [-0.2, 0) is 32.7 Å². The van der Waals surface area contributed by atoms with Crippen LogP contribution in [0, 0.1) is 0 Å². The van der Waals surface area contributed by atoms with Crippen molar-refractivity contribution in [1.29, 1.82) is 0 Å². The van der Waals surface area contributed by atoms with Gasteiger partial charge in [-0.15, -0.1) is 0 Å². The molecule has 0 N–H and O–H groups in total. The molecule has 484 valence electrons. The van der Waals surface area contributed by atoms with Gasteiger partial charge in [-0.25, -0.2) is 0 Å². The number of quaternary nitrogens is 1. The summed E-state index contributed by atoms with van der Waals surface area (Å²) in [5.74, 6) is -0.805. The molecule has 0 aliphatic rings. The van der Waals surface area contributed by atoms with Crippen molar-refractivity contribution >= 4 is 19.8 Å². The van der Waals surface area contributed by atoms with E-state index < -0.39 is 26.5 Å². The van der Waals surface area contributed by atoms with Crippen LogP contribution in [-0.4, -0.2) is 70.0 Å². The SMILES string of the molecule is CCCCCCCCCCCCCCCCCCCCCCCCCCCCCCCCCCCCCCCCCC(=O)OC(COC(=O)CCCCCCCCCCCCCCCCCCCC)COP(=O)([O-])OCC[N+](C)(C)C. The summed E-state index contributed by atoms with van der Waals surface area (Å²) in [6, 6.07) is 0. The Morgan fingerprint density at radius 1 is 0.333 bits per heavy atom. The fourth-order valence-electron chi connectivity index (χ4n) is 11.3. The predicted molar refractivity (Wildman–Crippen MR) is 347 cm³/mol. The number of phosphoric acid groups is 1. The molecule has 0 aromatic carbocycles. The summed E-state index contributed by atoms with van der Waals surface area (Å²) in [5.41, 5.74) is 0. The summed E-state index contributed by atoms with van der Waals surface area (Å²) < 4.78 is 34.3. The average molecular weight is 1170 g/mol. The van der Waals surface area contributed by atoms with Gasteiger partial charge in [0.2, 0.25) is 0 Å². The number of rotatable bonds is 69. The predicted octanol–water partition coefficient (Wildman–Crippen LogP) is 22.7. The van der Waals surface area contributed by atoms with E-state index in [1.807, 2.05) is 21.1 Å². The van der Waals surface area contributed by atoms with Gasteiger partial charge in [0.25, 0.3) is 7.82 Å². The molecule has 0 saturated carbocycles. The molecule has 0 amide bonds. The zero-order chi connectivity index (χ0) is 59.1. The van der Waals surface area contributed by atoms with Crippen molar-refractivity contribution in [2.24, 2.45) is 0 Å². The second-order valence-electron chi connectivity index (χ2n) is 26.3. The van der Waals surface area contributed by atoms with Crippen LogP contribution in [0.4, 0.5) is 0 Å². The third-order valence-corrected chi connectivity index (χ3v) is 17.8. The number of carbonyl (C=O) groups is 2. The molecule has 10 heteroatoms. The average Bonchev–Trinajstić information content (AvgIpc) is 3.43. The van der Waals surface area contributed by atoms with Crippen molar-refractivity contribution in [3.8, 4) is 0 Å². The molecule has 0 fully saturated rings. The summed E-state index contributed by atoms with van der Waals surface area (Å²) in [4.78, 5) is 38.0. The lowest BCUT2D eigenvalue weighted by Crippen LogP contribution is -2.37. The molecule has 0 aromatic rings. The van der Waals surface area contributed by atoms with Gasteiger partial charge in [-0.05, 0) is 12.8 Å². The Labute approximate surface area is 505 Å². The first-order chi connectivity index (χ1) is 39.5. The van der Waals surface area contributed by atoms with Crippen molar-refractivity contribution in [3.05, 3.63) is 0 Å². The van der Waals surface area contributed by atoms with Crippen LogP contribution in [0.15, 0.2) is 0 Å². The number of carbonyl (C=O) groups excluding carboxylic acids is 2. The van der Waals surface area contributed by atoms with Crippen LogP contribution in [0.5, 0.6) is 0 Å². The summed E-state index contributed by atoms with van der Waals surface area (Å²) >= 11 is 0. The van der Waals surface area contributed by atoms with Gasteiger partial charge in [-0.2, -0.15) is 0 Å². The lowest BCUT2D eigenvalue weighted by atomic mass is 10.0. The first-order valence-corrected chi connectivity index (χ1v) is 37.7. The molecule has 2 atom stereocenters. The van der Waals surface area contributed by atoms with E-state index in [-0.39, 0.29) is 32.0 Å². The molecule has 0 radical (unpaired) electrons. The molecule has 2 unspecified atom stereocenters. The second kappa shape index (κ2) is 63.5. The topological polar surface area (TPSA) is 111 Å². The molecular weight excluding hydrogens is 1030 g/mol. The fraction of sp³-hybridized carbons (Fsp3) is 0.972. The van der Waals surface area contributed by atoms with Gasteiger partial charge in [-0.3, -0.25) is 14.2 Å². The number of esters is 2. The first-order valence-electron chi connectivity index (χ1n) is 36.2. The lowest BCUT2D eigenvalue weighted by molar-refractivity contribution is -0.870. The van der Waals surface area contributed by atoms with Crippen molar-refractivity contribution in [3.63, 3.8) is 0 Å². The standard InChI is InChI=1S/C71H142NO8P/c1-6-8-10-12-14-16-18-20-22-24-26-27-28-29-30-31-32-33-34-35-36-37-38-39-40-41-42-43-44-45-46-48-50-52-54-56-58-60-62-64-71(74)80-69(68-79-81(75,76)78-66-65-72(3,4)5)67-77-70(73)63-61-59-57-55-53-51-49-47-25-23-21-19-17-15-13-11-9-7-2/h69H,6-68H2,1-5H3. The van der Waals surface area contributed by atoms with E-state index in [0.717, 1.165) is 32.1 Å². The van der Waals surface area contributed by atoms with Gasteiger partial charge in [-0.1, -0.05) is 367 Å². The Kier molecular flexibility index (Phi) is 62.7. The lowest BCUT2D eigenvalue weighted by Gasteiger charge is -2.28. The molecule has 0 spiro atoms. The van der Waals surface area contributed by atoms with E-state index >= 15 is 0 Å². The summed E-state index contributed by atoms with van der Waals surface area (Å²) in [6.45, 7) is 4.33. The Bertz CT molecular complexity index is 1330. The van der Waals surface area contributed by atoms with Gasteiger partial charge in [0.05, 0.1) is 27.7 Å². The number of unbranched alkanes of at least 4 members (excludes halogenated alkanes) is 55. The maximum atomic E-state index is 12.9. The van der Waals surface area contributed by atoms with E-state index in [1.165, 1.54) is 327 Å². The molecule has 0 aliphatic heterocycles. The molecule has 9 nitrogen and oxygen atoms in total. The normalized spacial score (nSPS) is 13.0. The van der Waals surface area contributed by atoms with Gasteiger partial charge in [0, 0.05) is 12.8 Å². The minimum Gasteiger partial charge on any atom is -0.756 e. The minimum absolute atomic E-state index is 0.0249. The zero-order valence-electron chi connectivity index (χ0n) is 55.3. The number of nitrogens with zero attached hydrogens (tertiary/aromatic N) is 1. The Morgan fingerprint density at radius 3 is 0.790 bits per heavy atom. The van der Waals surface area contributed by atoms with Crippen molar-refractivity contribution in [2.75, 3.05) is 47.5 Å². The summed E-state index contributed by atoms with van der Waals surface area (Å²) in [6.07, 6.45) is 76.5. The number of ether oxygens (including phenoxy) is 2. The highest BCUT2D eigenvalue weighted by atomic mass is 31.2. The highest BCUT2D eigenvalue weighted by molar-refractivity contribution is 7.45. The highest BCUT2D eigenvalue weighted by Crippen LogP contribution is 2.38. The highest BCUT2D eigenvalue weighted by Gasteiger charge is 2.22. The van der Waals surface area contributed by atoms with Crippen LogP contribution in [0.25, 0.3) is 0 Å². The number of likely N-dealkylation sites (N-methyl/N-ethyl adjacent to an activating group) is 1. The molecule has 0 aromatic heterocycles. The Hall–Kier alpha value is -0.990. The van der Waals surface area contributed by atoms with E-state index in [9.17, 15) is 19.0 Å². The van der Waals surface area contributed by atoms with Crippen LogP contribution in [0.1, 0.15) is 393 Å². The largest absolute Gasteiger partial charge is 0.756 e. The van der Waals surface area contributed by atoms with E-state index in [0.29, 0.717) is 17.4 Å². The fourth-order valence-corrected chi connectivity index (χ4v) is 12.0. The third kappa shape index (κ3) is 68.0. The maximum absolute atomic E-state index is 12.9. The van der Waals surface area contributed by atoms with Crippen LogP contribution in [0.3, 0.4) is 0 Å². The van der Waals surface area contributed by atoms with Gasteiger partial charge < -0.3 is 27.9 Å². The number of phosphoric ester groups is 1. The monoisotopic (exact) mass is 1170 g/mol. The Balaban J connectivity index is 3.85. The van der Waals surface area contributed by atoms with E-state index in [2.05, 4.69) is 13.8 Å². The minimum atomic E-state index is -4.63. The third-order valence-electron chi connectivity index (χ3n) is 16.9. The van der Waals surface area contributed by atoms with Crippen molar-refractivity contribution in [1.82, 2.24) is 0 Å². The second-order valence-corrected chi connectivity index (χ2v) is 27.7. The zero-order valence-corrected chi connectivity index (χ0v) is 56.2. The molecule has 0 bridgehead atoms. The molecule has 0 heterocycles. The number of hydrogen-bond donors (Lipinski definition) is 0. The molecule has 0 aliphatic carbocycles. The molecule has 81 heavy (non-hydrogen) atoms. The quantitative estimate of drug-likeness (QED) is 0.0256. The molecule has 0 saturated heterocycles. The van der Waals surface area contributed by atoms with Gasteiger partial charge >= 0.3 is 11.9 Å². The van der Waals surface area contributed by atoms with Crippen LogP contribution in [0.2, 0.25) is 0 Å². The van der Waals surface area contributed by atoms with E-state index in [1.54, 1.807) is 0 Å². The summed E-state index contributed by atoms with van der Waals surface area (Å²) in [7, 11) is 1.20. The van der Waals surface area contributed by atoms with Crippen molar-refractivity contribution in [2.45, 2.75) is 399 Å². The smallest absolute Gasteiger partial charge is 0.306 e. The Morgan fingerprint density at radius 2 is 0.556 bits per heavy atom. The number of hydrogen-bond acceptors (Lipinski definition) is 8. The van der Waals surface area contributed by atoms with E-state index in [4.69, 9.17) is 18.5 Å². The summed E-state index contributed by atoms with van der Waals surface area (Å²) in [5, 5.41) is 0. The van der Waals surface area contributed by atoms with Gasteiger partial charge in [0.15, 0.2) is 6.10 Å². The van der Waals surface area contributed by atoms with Gasteiger partial charge in [0.1, 0.15) is 19.8 Å². The first kappa shape index (κ1) is 80.0. The molecule has 0 rings (SSSR count). The molecular formula is C71H142NO8P. The maximum Gasteiger partial charge on any atom is 0.306 e. The van der Waals surface area contributed by atoms with Crippen LogP contribution >= 0.6 is 7.82 Å². The van der Waals surface area contributed by atoms with Crippen LogP contribution < -0.4 is 4.89 Å².